The van der Waals surface area contributed by atoms with E-state index in [9.17, 15) is 4.79 Å². The highest BCUT2D eigenvalue weighted by atomic mass is 16.6. The van der Waals surface area contributed by atoms with Crippen LogP contribution in [0.15, 0.2) is 30.6 Å². The van der Waals surface area contributed by atoms with Crippen LogP contribution in [0.5, 0.6) is 5.75 Å². The molecule has 25 heavy (non-hydrogen) atoms. The van der Waals surface area contributed by atoms with E-state index in [1.807, 2.05) is 22.9 Å². The van der Waals surface area contributed by atoms with Crippen molar-refractivity contribution >= 4 is 5.97 Å². The van der Waals surface area contributed by atoms with Crippen LogP contribution in [0.3, 0.4) is 0 Å². The van der Waals surface area contributed by atoms with Crippen molar-refractivity contribution in [1.82, 2.24) is 14.8 Å². The highest BCUT2D eigenvalue weighted by Gasteiger charge is 2.72. The lowest BCUT2D eigenvalue weighted by molar-refractivity contribution is -0.233. The summed E-state index contributed by atoms with van der Waals surface area (Å²) in [5.41, 5.74) is 1.71. The minimum absolute atomic E-state index is 0.0362. The molecule has 3 heterocycles. The van der Waals surface area contributed by atoms with E-state index < -0.39 is 0 Å². The van der Waals surface area contributed by atoms with Gasteiger partial charge in [-0.3, -0.25) is 9.78 Å². The van der Waals surface area contributed by atoms with Gasteiger partial charge in [-0.25, -0.2) is 4.68 Å². The lowest BCUT2D eigenvalue weighted by atomic mass is 9.35. The molecule has 3 saturated carbocycles. The van der Waals surface area contributed by atoms with E-state index in [4.69, 9.17) is 14.2 Å². The lowest BCUT2D eigenvalue weighted by Crippen LogP contribution is -2.67. The Hall–Kier alpha value is -2.41. The zero-order chi connectivity index (χ0) is 17.1. The smallest absolute Gasteiger partial charge is 0.311 e. The average molecular weight is 341 g/mol. The molecular formula is C18H19N3O4. The first-order valence-corrected chi connectivity index (χ1v) is 8.46. The van der Waals surface area contributed by atoms with Gasteiger partial charge in [0.2, 0.25) is 0 Å². The number of hydrogen-bond acceptors (Lipinski definition) is 6. The summed E-state index contributed by atoms with van der Waals surface area (Å²) in [5, 5.41) is 4.28. The molecular weight excluding hydrogens is 322 g/mol. The first-order chi connectivity index (χ1) is 12.1. The number of esters is 1. The Morgan fingerprint density at radius 3 is 2.80 bits per heavy atom. The van der Waals surface area contributed by atoms with Crippen LogP contribution in [0, 0.1) is 10.8 Å². The standard InChI is InChI=1S/C18H19N3O4/c1-23-16(22)18-8-17(9-18,10-18)11-25-12-2-3-13(19-6-12)14-4-5-20-21(14)15-7-24-15/h2-6,15H,7-11H2,1H3. The predicted octanol–water partition coefficient (Wildman–Crippen LogP) is 2.20. The highest BCUT2D eigenvalue weighted by molar-refractivity contribution is 5.81. The van der Waals surface area contributed by atoms with Gasteiger partial charge in [0.1, 0.15) is 5.75 Å². The molecule has 2 aromatic rings. The van der Waals surface area contributed by atoms with Crippen molar-refractivity contribution in [3.05, 3.63) is 30.6 Å². The Morgan fingerprint density at radius 2 is 2.16 bits per heavy atom. The maximum absolute atomic E-state index is 11.7. The summed E-state index contributed by atoms with van der Waals surface area (Å²) in [7, 11) is 1.46. The number of aromatic nitrogens is 3. The first kappa shape index (κ1) is 14.9. The second-order valence-electron chi connectivity index (χ2n) is 7.42. The van der Waals surface area contributed by atoms with Crippen LogP contribution >= 0.6 is 0 Å². The van der Waals surface area contributed by atoms with Gasteiger partial charge in [-0.15, -0.1) is 0 Å². The molecule has 6 rings (SSSR count). The topological polar surface area (TPSA) is 78.8 Å². The van der Waals surface area contributed by atoms with Gasteiger partial charge >= 0.3 is 5.97 Å². The van der Waals surface area contributed by atoms with Crippen molar-refractivity contribution in [3.63, 3.8) is 0 Å². The second-order valence-corrected chi connectivity index (χ2v) is 7.42. The van der Waals surface area contributed by atoms with E-state index in [0.29, 0.717) is 13.2 Å². The zero-order valence-electron chi connectivity index (χ0n) is 14.0. The number of rotatable bonds is 6. The molecule has 1 atom stereocenters. The molecule has 2 bridgehead atoms. The molecule has 0 radical (unpaired) electrons. The Labute approximate surface area is 144 Å². The molecule has 0 amide bonds. The van der Waals surface area contributed by atoms with Crippen LogP contribution in [0.2, 0.25) is 0 Å². The number of hydrogen-bond donors (Lipinski definition) is 0. The average Bonchev–Trinajstić information content (AvgIpc) is 3.29. The van der Waals surface area contributed by atoms with Crippen LogP contribution in [-0.4, -0.2) is 41.1 Å². The fourth-order valence-corrected chi connectivity index (χ4v) is 4.37. The van der Waals surface area contributed by atoms with Crippen molar-refractivity contribution < 1.29 is 19.0 Å². The number of epoxide rings is 1. The Morgan fingerprint density at radius 1 is 1.36 bits per heavy atom. The monoisotopic (exact) mass is 341 g/mol. The molecule has 3 aliphatic carbocycles. The molecule has 1 aliphatic heterocycles. The summed E-state index contributed by atoms with van der Waals surface area (Å²) in [6.45, 7) is 1.33. The Kier molecular flexibility index (Phi) is 3.01. The van der Waals surface area contributed by atoms with Gasteiger partial charge in [0.25, 0.3) is 0 Å². The number of methoxy groups -OCH3 is 1. The van der Waals surface area contributed by atoms with E-state index in [2.05, 4.69) is 10.1 Å². The largest absolute Gasteiger partial charge is 0.491 e. The third-order valence-corrected chi connectivity index (χ3v) is 5.56. The van der Waals surface area contributed by atoms with E-state index in [1.165, 1.54) is 7.11 Å². The van der Waals surface area contributed by atoms with Gasteiger partial charge in [0.15, 0.2) is 6.23 Å². The van der Waals surface area contributed by atoms with E-state index in [-0.39, 0.29) is 23.0 Å². The Balaban J connectivity index is 1.21. The molecule has 1 saturated heterocycles. The number of nitrogens with zero attached hydrogens (tertiary/aromatic N) is 3. The quantitative estimate of drug-likeness (QED) is 0.592. The molecule has 0 spiro atoms. The summed E-state index contributed by atoms with van der Waals surface area (Å²) in [4.78, 5) is 16.2. The third-order valence-electron chi connectivity index (χ3n) is 5.56. The SMILES string of the molecule is COC(=O)C12CC(COc3ccc(-c4ccnn4C4CO4)nc3)(C1)C2. The molecule has 1 unspecified atom stereocenters. The van der Waals surface area contributed by atoms with Crippen LogP contribution in [0.25, 0.3) is 11.4 Å². The molecule has 0 N–H and O–H groups in total. The van der Waals surface area contributed by atoms with Crippen molar-refractivity contribution in [3.8, 4) is 17.1 Å². The molecule has 7 heteroatoms. The van der Waals surface area contributed by atoms with Crippen molar-refractivity contribution in [2.24, 2.45) is 10.8 Å². The lowest BCUT2D eigenvalue weighted by Gasteiger charge is -2.68. The van der Waals surface area contributed by atoms with Gasteiger partial charge < -0.3 is 14.2 Å². The highest BCUT2D eigenvalue weighted by Crippen LogP contribution is 2.73. The van der Waals surface area contributed by atoms with Gasteiger partial charge in [-0.05, 0) is 37.5 Å². The maximum Gasteiger partial charge on any atom is 0.311 e. The van der Waals surface area contributed by atoms with Crippen molar-refractivity contribution in [2.75, 3.05) is 20.3 Å². The summed E-state index contributed by atoms with van der Waals surface area (Å²) >= 11 is 0. The van der Waals surface area contributed by atoms with Gasteiger partial charge in [-0.2, -0.15) is 5.10 Å². The molecule has 2 aromatic heterocycles. The molecule has 0 aromatic carbocycles. The minimum Gasteiger partial charge on any atom is -0.491 e. The minimum atomic E-state index is -0.219. The van der Waals surface area contributed by atoms with Crippen LogP contribution in [0.4, 0.5) is 0 Å². The fraction of sp³-hybridized carbons (Fsp3) is 0.500. The molecule has 130 valence electrons. The van der Waals surface area contributed by atoms with Crippen LogP contribution in [0.1, 0.15) is 25.5 Å². The predicted molar refractivity (Wildman–Crippen MR) is 86.7 cm³/mol. The normalized spacial score (nSPS) is 31.6. The molecule has 7 nitrogen and oxygen atoms in total. The van der Waals surface area contributed by atoms with Crippen LogP contribution in [-0.2, 0) is 14.3 Å². The Bertz CT molecular complexity index is 805. The fourth-order valence-electron chi connectivity index (χ4n) is 4.37. The summed E-state index contributed by atoms with van der Waals surface area (Å²) in [5.74, 6) is 0.672. The van der Waals surface area contributed by atoms with Crippen molar-refractivity contribution in [2.45, 2.75) is 25.5 Å². The maximum atomic E-state index is 11.7. The molecule has 4 aliphatic rings. The number of carbonyl (C=O) groups excluding carboxylic acids is 1. The van der Waals surface area contributed by atoms with Gasteiger partial charge in [0, 0.05) is 11.6 Å². The summed E-state index contributed by atoms with van der Waals surface area (Å²) < 4.78 is 17.9. The van der Waals surface area contributed by atoms with Crippen LogP contribution < -0.4 is 4.74 Å². The second kappa shape index (κ2) is 5.05. The van der Waals surface area contributed by atoms with Crippen molar-refractivity contribution in [1.29, 1.82) is 0 Å². The van der Waals surface area contributed by atoms with E-state index >= 15 is 0 Å². The van der Waals surface area contributed by atoms with E-state index in [1.54, 1.807) is 12.4 Å². The molecule has 4 fully saturated rings. The summed E-state index contributed by atoms with van der Waals surface area (Å²) in [6, 6.07) is 5.79. The van der Waals surface area contributed by atoms with E-state index in [0.717, 1.165) is 36.4 Å². The zero-order valence-corrected chi connectivity index (χ0v) is 14.0. The summed E-state index contributed by atoms with van der Waals surface area (Å²) in [6.07, 6.45) is 6.15. The first-order valence-electron chi connectivity index (χ1n) is 8.46. The third kappa shape index (κ3) is 2.26. The number of ether oxygens (including phenoxy) is 3. The van der Waals surface area contributed by atoms with Gasteiger partial charge in [0.05, 0.1) is 43.3 Å². The van der Waals surface area contributed by atoms with Gasteiger partial charge in [-0.1, -0.05) is 0 Å². The number of carbonyl (C=O) groups is 1. The number of pyridine rings is 1.